The lowest BCUT2D eigenvalue weighted by Gasteiger charge is -2.34. The Bertz CT molecular complexity index is 357. The molecule has 1 N–H and O–H groups in total. The van der Waals surface area contributed by atoms with Crippen molar-refractivity contribution in [3.8, 4) is 0 Å². The molecule has 1 aromatic heterocycles. The minimum atomic E-state index is -0.104. The maximum absolute atomic E-state index is 5.42. The maximum atomic E-state index is 5.42. The number of hydrogen-bond acceptors (Lipinski definition) is 6. The fourth-order valence-corrected chi connectivity index (χ4v) is 1.75. The summed E-state index contributed by atoms with van der Waals surface area (Å²) in [6.07, 6.45) is -0.104. The third kappa shape index (κ3) is 3.65. The summed E-state index contributed by atoms with van der Waals surface area (Å²) < 4.78 is 10.6. The predicted octanol–water partition coefficient (Wildman–Crippen LogP) is 0.992. The minimum absolute atomic E-state index is 0. The van der Waals surface area contributed by atoms with Crippen molar-refractivity contribution in [1.29, 1.82) is 0 Å². The molecule has 104 valence electrons. The third-order valence-electron chi connectivity index (χ3n) is 3.03. The van der Waals surface area contributed by atoms with Crippen LogP contribution >= 0.6 is 12.4 Å². The van der Waals surface area contributed by atoms with Gasteiger partial charge >= 0.3 is 0 Å². The van der Waals surface area contributed by atoms with Gasteiger partial charge in [0.25, 0.3) is 0 Å². The summed E-state index contributed by atoms with van der Waals surface area (Å²) in [6.45, 7) is 7.29. The molecule has 1 saturated heterocycles. The first-order chi connectivity index (χ1) is 8.20. The Morgan fingerprint density at radius 2 is 2.28 bits per heavy atom. The Hall–Kier alpha value is -0.690. The number of likely N-dealkylation sites (N-methyl/N-ethyl adjacent to an activating group) is 1. The van der Waals surface area contributed by atoms with Crippen LogP contribution in [0.5, 0.6) is 0 Å². The van der Waals surface area contributed by atoms with Crippen molar-refractivity contribution in [2.24, 2.45) is 0 Å². The van der Waals surface area contributed by atoms with Gasteiger partial charge in [-0.15, -0.1) is 12.4 Å². The van der Waals surface area contributed by atoms with Gasteiger partial charge in [-0.05, 0) is 20.9 Å². The van der Waals surface area contributed by atoms with Gasteiger partial charge in [-0.25, -0.2) is 0 Å². The van der Waals surface area contributed by atoms with Crippen LogP contribution < -0.4 is 5.32 Å². The van der Waals surface area contributed by atoms with E-state index in [0.29, 0.717) is 30.9 Å². The lowest BCUT2D eigenvalue weighted by Crippen LogP contribution is -2.55. The van der Waals surface area contributed by atoms with Crippen LogP contribution in [0.2, 0.25) is 0 Å². The molecule has 1 unspecified atom stereocenters. The van der Waals surface area contributed by atoms with Gasteiger partial charge in [-0.1, -0.05) is 5.16 Å². The lowest BCUT2D eigenvalue weighted by atomic mass is 10.1. The fourth-order valence-electron chi connectivity index (χ4n) is 1.75. The summed E-state index contributed by atoms with van der Waals surface area (Å²) in [5.74, 6) is 1.28. The Morgan fingerprint density at radius 1 is 1.56 bits per heavy atom. The number of rotatable bonds is 6. The zero-order chi connectivity index (χ0) is 12.3. The van der Waals surface area contributed by atoms with Crippen LogP contribution in [0.3, 0.4) is 0 Å². The molecular weight excluding hydrogens is 256 g/mol. The molecule has 2 rings (SSSR count). The number of hydrogen-bond donors (Lipinski definition) is 1. The summed E-state index contributed by atoms with van der Waals surface area (Å²) >= 11 is 0. The second-order valence-electron chi connectivity index (χ2n) is 4.37. The number of halogens is 1. The topological polar surface area (TPSA) is 63.4 Å². The Labute approximate surface area is 113 Å². The molecule has 1 aliphatic rings. The van der Waals surface area contributed by atoms with E-state index in [0.717, 1.165) is 13.1 Å². The molecule has 18 heavy (non-hydrogen) atoms. The standard InChI is InChI=1S/C11H20N4O2.ClH/c1-4-16-8(2)11-13-10(17-14-11)7-15(3)9-5-12-6-9;/h8-9,12H,4-7H2,1-3H3;1H. The van der Waals surface area contributed by atoms with E-state index in [-0.39, 0.29) is 18.5 Å². The van der Waals surface area contributed by atoms with Gasteiger partial charge in [-0.3, -0.25) is 4.90 Å². The van der Waals surface area contributed by atoms with E-state index < -0.39 is 0 Å². The predicted molar refractivity (Wildman–Crippen MR) is 69.7 cm³/mol. The Kier molecular flexibility index (Phi) is 6.01. The molecule has 1 fully saturated rings. The average molecular weight is 277 g/mol. The van der Waals surface area contributed by atoms with E-state index in [2.05, 4.69) is 27.4 Å². The molecule has 1 aromatic rings. The molecular formula is C11H21ClN4O2. The quantitative estimate of drug-likeness (QED) is 0.836. The molecule has 0 saturated carbocycles. The van der Waals surface area contributed by atoms with Crippen molar-refractivity contribution >= 4 is 12.4 Å². The molecule has 0 aliphatic carbocycles. The zero-order valence-corrected chi connectivity index (χ0v) is 11.9. The highest BCUT2D eigenvalue weighted by molar-refractivity contribution is 5.85. The van der Waals surface area contributed by atoms with Gasteiger partial charge < -0.3 is 14.6 Å². The van der Waals surface area contributed by atoms with Crippen LogP contribution in [-0.2, 0) is 11.3 Å². The van der Waals surface area contributed by atoms with Gasteiger partial charge in [-0.2, -0.15) is 4.98 Å². The molecule has 2 heterocycles. The van der Waals surface area contributed by atoms with Gasteiger partial charge in [0.1, 0.15) is 6.10 Å². The summed E-state index contributed by atoms with van der Waals surface area (Å²) in [5, 5.41) is 7.18. The zero-order valence-electron chi connectivity index (χ0n) is 11.0. The largest absolute Gasteiger partial charge is 0.371 e. The first-order valence-corrected chi connectivity index (χ1v) is 6.05. The fraction of sp³-hybridized carbons (Fsp3) is 0.818. The van der Waals surface area contributed by atoms with Crippen molar-refractivity contribution in [3.63, 3.8) is 0 Å². The van der Waals surface area contributed by atoms with Gasteiger partial charge in [0.2, 0.25) is 5.89 Å². The van der Waals surface area contributed by atoms with E-state index in [1.165, 1.54) is 0 Å². The lowest BCUT2D eigenvalue weighted by molar-refractivity contribution is 0.0683. The van der Waals surface area contributed by atoms with Gasteiger partial charge in [0.15, 0.2) is 5.82 Å². The smallest absolute Gasteiger partial charge is 0.240 e. The summed E-state index contributed by atoms with van der Waals surface area (Å²) in [7, 11) is 2.07. The van der Waals surface area contributed by atoms with Crippen LogP contribution in [0.4, 0.5) is 0 Å². The SMILES string of the molecule is CCOC(C)c1noc(CN(C)C2CNC2)n1.Cl. The van der Waals surface area contributed by atoms with E-state index >= 15 is 0 Å². The van der Waals surface area contributed by atoms with Crippen molar-refractivity contribution in [1.82, 2.24) is 20.4 Å². The molecule has 7 heteroatoms. The minimum Gasteiger partial charge on any atom is -0.371 e. The van der Waals surface area contributed by atoms with Crippen LogP contribution in [0.15, 0.2) is 4.52 Å². The highest BCUT2D eigenvalue weighted by atomic mass is 35.5. The number of nitrogens with zero attached hydrogens (tertiary/aromatic N) is 3. The number of ether oxygens (including phenoxy) is 1. The van der Waals surface area contributed by atoms with Crippen LogP contribution in [0.25, 0.3) is 0 Å². The Morgan fingerprint density at radius 3 is 2.83 bits per heavy atom. The van der Waals surface area contributed by atoms with E-state index in [4.69, 9.17) is 9.26 Å². The second kappa shape index (κ2) is 7.04. The monoisotopic (exact) mass is 276 g/mol. The van der Waals surface area contributed by atoms with E-state index in [1.807, 2.05) is 13.8 Å². The normalized spacial score (nSPS) is 17.3. The van der Waals surface area contributed by atoms with Crippen LogP contribution in [0, 0.1) is 0 Å². The molecule has 6 nitrogen and oxygen atoms in total. The summed E-state index contributed by atoms with van der Waals surface area (Å²) in [5.41, 5.74) is 0. The molecule has 0 amide bonds. The van der Waals surface area contributed by atoms with Crippen molar-refractivity contribution in [2.75, 3.05) is 26.7 Å². The molecule has 0 radical (unpaired) electrons. The third-order valence-corrected chi connectivity index (χ3v) is 3.03. The molecule has 0 spiro atoms. The second-order valence-corrected chi connectivity index (χ2v) is 4.37. The van der Waals surface area contributed by atoms with Crippen molar-refractivity contribution < 1.29 is 9.26 Å². The van der Waals surface area contributed by atoms with Gasteiger partial charge in [0, 0.05) is 25.7 Å². The highest BCUT2D eigenvalue weighted by Crippen LogP contribution is 2.14. The maximum Gasteiger partial charge on any atom is 0.240 e. The van der Waals surface area contributed by atoms with Crippen molar-refractivity contribution in [2.45, 2.75) is 32.5 Å². The number of nitrogens with one attached hydrogen (secondary N) is 1. The molecule has 0 aromatic carbocycles. The van der Waals surface area contributed by atoms with Crippen LogP contribution in [-0.4, -0.2) is 47.8 Å². The Balaban J connectivity index is 0.00000162. The number of aromatic nitrogens is 2. The molecule has 1 atom stereocenters. The van der Waals surface area contributed by atoms with Crippen molar-refractivity contribution in [3.05, 3.63) is 11.7 Å². The summed E-state index contributed by atoms with van der Waals surface area (Å²) in [4.78, 5) is 6.57. The van der Waals surface area contributed by atoms with E-state index in [9.17, 15) is 0 Å². The first-order valence-electron chi connectivity index (χ1n) is 6.05. The molecule has 0 bridgehead atoms. The van der Waals surface area contributed by atoms with E-state index in [1.54, 1.807) is 0 Å². The first kappa shape index (κ1) is 15.4. The summed E-state index contributed by atoms with van der Waals surface area (Å²) in [6, 6.07) is 0.578. The van der Waals surface area contributed by atoms with Crippen LogP contribution in [0.1, 0.15) is 31.7 Å². The average Bonchev–Trinajstić information content (AvgIpc) is 2.63. The van der Waals surface area contributed by atoms with Gasteiger partial charge in [0.05, 0.1) is 6.54 Å². The highest BCUT2D eigenvalue weighted by Gasteiger charge is 2.23. The molecule has 1 aliphatic heterocycles.